The van der Waals surface area contributed by atoms with E-state index in [4.69, 9.17) is 23.7 Å². The van der Waals surface area contributed by atoms with Crippen LogP contribution in [-0.4, -0.2) is 55.5 Å². The molecule has 0 saturated carbocycles. The average molecular weight is 545 g/mol. The van der Waals surface area contributed by atoms with Crippen molar-refractivity contribution in [3.63, 3.8) is 0 Å². The second kappa shape index (κ2) is 12.5. The van der Waals surface area contributed by atoms with Crippen LogP contribution in [0.2, 0.25) is 0 Å². The van der Waals surface area contributed by atoms with E-state index in [-0.39, 0.29) is 19.5 Å². The van der Waals surface area contributed by atoms with Crippen molar-refractivity contribution in [1.29, 1.82) is 0 Å². The molecule has 4 aromatic rings. The van der Waals surface area contributed by atoms with Gasteiger partial charge in [-0.2, -0.15) is 5.10 Å². The summed E-state index contributed by atoms with van der Waals surface area (Å²) >= 11 is 0. The van der Waals surface area contributed by atoms with Crippen molar-refractivity contribution < 1.29 is 28.5 Å². The monoisotopic (exact) mass is 544 g/mol. The lowest BCUT2D eigenvalue weighted by Crippen LogP contribution is -2.27. The average Bonchev–Trinajstić information content (AvgIpc) is 3.61. The van der Waals surface area contributed by atoms with Crippen LogP contribution < -0.4 is 19.5 Å². The Balaban J connectivity index is 1.50. The first-order valence-electron chi connectivity index (χ1n) is 12.8. The Kier molecular flexibility index (Phi) is 8.48. The summed E-state index contributed by atoms with van der Waals surface area (Å²) in [7, 11) is 4.71. The van der Waals surface area contributed by atoms with Gasteiger partial charge in [0.15, 0.2) is 13.6 Å². The van der Waals surface area contributed by atoms with E-state index in [9.17, 15) is 4.79 Å². The lowest BCUT2D eigenvalue weighted by Gasteiger charge is -2.22. The first-order valence-corrected chi connectivity index (χ1v) is 12.8. The van der Waals surface area contributed by atoms with E-state index in [1.54, 1.807) is 37.4 Å². The summed E-state index contributed by atoms with van der Waals surface area (Å²) in [6.07, 6.45) is 1.71. The summed E-state index contributed by atoms with van der Waals surface area (Å²) in [5.41, 5.74) is 4.17. The van der Waals surface area contributed by atoms with Crippen LogP contribution in [0.3, 0.4) is 0 Å². The second-order valence-electron chi connectivity index (χ2n) is 9.22. The molecule has 10 heteroatoms. The molecule has 0 bridgehead atoms. The van der Waals surface area contributed by atoms with Gasteiger partial charge in [-0.1, -0.05) is 36.4 Å². The highest BCUT2D eigenvalue weighted by Gasteiger charge is 2.29. The molecule has 2 heterocycles. The van der Waals surface area contributed by atoms with Crippen LogP contribution in [0.5, 0.6) is 17.2 Å². The Morgan fingerprint density at radius 1 is 0.875 bits per heavy atom. The predicted octanol–water partition coefficient (Wildman–Crippen LogP) is 4.81. The first kappa shape index (κ1) is 27.0. The van der Waals surface area contributed by atoms with Crippen molar-refractivity contribution in [2.45, 2.75) is 19.6 Å². The van der Waals surface area contributed by atoms with Gasteiger partial charge in [-0.05, 0) is 28.8 Å². The Morgan fingerprint density at radius 3 is 2.25 bits per heavy atom. The maximum absolute atomic E-state index is 14.1. The van der Waals surface area contributed by atoms with Crippen molar-refractivity contribution in [3.8, 4) is 17.2 Å². The molecule has 1 aliphatic rings. The second-order valence-corrected chi connectivity index (χ2v) is 9.22. The summed E-state index contributed by atoms with van der Waals surface area (Å²) in [6, 6.07) is 21.1. The van der Waals surface area contributed by atoms with Crippen LogP contribution in [0.1, 0.15) is 27.0 Å². The fraction of sp³-hybridized carbons (Fsp3) is 0.267. The topological polar surface area (TPSA) is 96.3 Å². The molecule has 0 aliphatic carbocycles. The van der Waals surface area contributed by atoms with Crippen LogP contribution in [-0.2, 0) is 29.1 Å². The Labute approximate surface area is 233 Å². The number of carbonyl (C=O) groups excluding carboxylic acids is 1. The highest BCUT2D eigenvalue weighted by atomic mass is 16.7. The molecule has 3 aromatic carbocycles. The fourth-order valence-corrected chi connectivity index (χ4v) is 4.60. The Hall–Kier alpha value is -4.54. The van der Waals surface area contributed by atoms with Gasteiger partial charge in [-0.3, -0.25) is 4.79 Å². The van der Waals surface area contributed by atoms with Crippen LogP contribution in [0.15, 0.2) is 72.9 Å². The number of rotatable bonds is 12. The predicted molar refractivity (Wildman–Crippen MR) is 149 cm³/mol. The molecule has 0 atom stereocenters. The van der Waals surface area contributed by atoms with Crippen molar-refractivity contribution in [1.82, 2.24) is 14.7 Å². The number of ether oxygens (including phenoxy) is 5. The summed E-state index contributed by atoms with van der Waals surface area (Å²) in [5, 5.41) is 7.91. The summed E-state index contributed by atoms with van der Waals surface area (Å²) in [6.45, 7) is 1.53. The molecule has 1 amide bonds. The number of fused-ring (bicyclic) bond motifs is 1. The molecule has 0 spiro atoms. The van der Waals surface area contributed by atoms with E-state index in [2.05, 4.69) is 10.4 Å². The number of amides is 1. The van der Waals surface area contributed by atoms with Gasteiger partial charge < -0.3 is 33.9 Å². The van der Waals surface area contributed by atoms with Crippen molar-refractivity contribution in [2.24, 2.45) is 0 Å². The Bertz CT molecular complexity index is 1430. The third-order valence-corrected chi connectivity index (χ3v) is 6.56. The molecule has 0 unspecified atom stereocenters. The van der Waals surface area contributed by atoms with Crippen molar-refractivity contribution in [2.75, 3.05) is 40.2 Å². The number of hydrogen-bond donors (Lipinski definition) is 1. The van der Waals surface area contributed by atoms with Gasteiger partial charge in [0.25, 0.3) is 5.91 Å². The zero-order valence-corrected chi connectivity index (χ0v) is 22.8. The van der Waals surface area contributed by atoms with Gasteiger partial charge in [0, 0.05) is 45.5 Å². The quantitative estimate of drug-likeness (QED) is 0.254. The van der Waals surface area contributed by atoms with Crippen LogP contribution >= 0.6 is 0 Å². The third kappa shape index (κ3) is 6.03. The number of hydrogen-bond acceptors (Lipinski definition) is 8. The van der Waals surface area contributed by atoms with Gasteiger partial charge in [0.1, 0.15) is 28.6 Å². The van der Waals surface area contributed by atoms with Gasteiger partial charge in [-0.15, -0.1) is 0 Å². The molecule has 0 saturated heterocycles. The van der Waals surface area contributed by atoms with E-state index in [0.29, 0.717) is 48.2 Å². The normalized spacial score (nSPS) is 12.2. The Morgan fingerprint density at radius 2 is 1.57 bits per heavy atom. The molecule has 10 nitrogen and oxygen atoms in total. The maximum atomic E-state index is 14.1. The van der Waals surface area contributed by atoms with E-state index >= 15 is 0 Å². The maximum Gasteiger partial charge on any atom is 0.260 e. The van der Waals surface area contributed by atoms with Gasteiger partial charge in [0.05, 0.1) is 25.5 Å². The third-order valence-electron chi connectivity index (χ3n) is 6.56. The van der Waals surface area contributed by atoms with E-state index in [0.717, 1.165) is 22.4 Å². The molecule has 1 aromatic heterocycles. The molecule has 40 heavy (non-hydrogen) atoms. The summed E-state index contributed by atoms with van der Waals surface area (Å²) < 4.78 is 29.0. The van der Waals surface area contributed by atoms with Crippen molar-refractivity contribution >= 4 is 17.4 Å². The SMILES string of the molecule is COCOc1cc(Nc2ccnn2Cc2ccc(OC)cc2)c(C(=O)N2Cc3ccccc3C2)c(OCOC)c1. The number of nitrogens with zero attached hydrogens (tertiary/aromatic N) is 3. The lowest BCUT2D eigenvalue weighted by molar-refractivity contribution is 0.0450. The molecular formula is C30H32N4O6. The van der Waals surface area contributed by atoms with Crippen LogP contribution in [0, 0.1) is 0 Å². The molecular weight excluding hydrogens is 512 g/mol. The highest BCUT2D eigenvalue weighted by Crippen LogP contribution is 2.37. The number of methoxy groups -OCH3 is 3. The van der Waals surface area contributed by atoms with Gasteiger partial charge in [-0.25, -0.2) is 4.68 Å². The zero-order chi connectivity index (χ0) is 27.9. The number of aromatic nitrogens is 2. The van der Waals surface area contributed by atoms with Crippen LogP contribution in [0.4, 0.5) is 11.5 Å². The minimum atomic E-state index is -0.177. The molecule has 208 valence electrons. The summed E-state index contributed by atoms with van der Waals surface area (Å²) in [5.74, 6) is 2.10. The molecule has 0 fully saturated rings. The number of nitrogens with one attached hydrogen (secondary N) is 1. The standard InChI is InChI=1S/C30H32N4O6/c1-36-19-39-25-14-26(32-28-12-13-31-34(28)16-21-8-10-24(38-3)11-9-21)29(27(15-25)40-20-37-2)30(35)33-17-22-6-4-5-7-23(22)18-33/h4-15,32H,16-20H2,1-3H3. The molecule has 0 radical (unpaired) electrons. The van der Waals surface area contributed by atoms with E-state index in [1.165, 1.54) is 7.11 Å². The fourth-order valence-electron chi connectivity index (χ4n) is 4.60. The molecule has 1 aliphatic heterocycles. The van der Waals surface area contributed by atoms with Crippen LogP contribution in [0.25, 0.3) is 0 Å². The van der Waals surface area contributed by atoms with E-state index in [1.807, 2.05) is 59.3 Å². The lowest BCUT2D eigenvalue weighted by atomic mass is 10.1. The minimum absolute atomic E-state index is 0.0350. The summed E-state index contributed by atoms with van der Waals surface area (Å²) in [4.78, 5) is 15.9. The first-order chi connectivity index (χ1) is 19.6. The zero-order valence-electron chi connectivity index (χ0n) is 22.8. The van der Waals surface area contributed by atoms with Gasteiger partial charge in [0.2, 0.25) is 0 Å². The molecule has 1 N–H and O–H groups in total. The smallest absolute Gasteiger partial charge is 0.260 e. The van der Waals surface area contributed by atoms with Gasteiger partial charge >= 0.3 is 0 Å². The number of anilines is 2. The van der Waals surface area contributed by atoms with Crippen molar-refractivity contribution in [3.05, 3.63) is 95.2 Å². The van der Waals surface area contributed by atoms with E-state index < -0.39 is 0 Å². The highest BCUT2D eigenvalue weighted by molar-refractivity contribution is 6.03. The largest absolute Gasteiger partial charge is 0.497 e. The minimum Gasteiger partial charge on any atom is -0.497 e. The number of carbonyl (C=O) groups is 1. The number of benzene rings is 3. The molecule has 5 rings (SSSR count).